The molecule has 0 saturated carbocycles. The molecule has 1 saturated heterocycles. The maximum Gasteiger partial charge on any atom is 0.228 e. The van der Waals surface area contributed by atoms with Gasteiger partial charge in [-0.3, -0.25) is 4.79 Å². The zero-order valence-corrected chi connectivity index (χ0v) is 9.17. The monoisotopic (exact) mass is 231 g/mol. The van der Waals surface area contributed by atoms with E-state index in [1.54, 1.807) is 13.0 Å². The molecule has 1 amide bonds. The van der Waals surface area contributed by atoms with Crippen LogP contribution in [0.2, 0.25) is 0 Å². The molecule has 0 aliphatic carbocycles. The van der Waals surface area contributed by atoms with Crippen molar-refractivity contribution in [3.63, 3.8) is 0 Å². The van der Waals surface area contributed by atoms with Crippen LogP contribution in [0.5, 0.6) is 0 Å². The van der Waals surface area contributed by atoms with Crippen molar-refractivity contribution in [1.29, 1.82) is 5.26 Å². The topological polar surface area (TPSA) is 99.1 Å². The lowest BCUT2D eigenvalue weighted by atomic mass is 10.3. The first-order valence-electron chi connectivity index (χ1n) is 4.67. The number of nitriles is 1. The van der Waals surface area contributed by atoms with Gasteiger partial charge in [0, 0.05) is 19.0 Å². The van der Waals surface area contributed by atoms with Gasteiger partial charge in [-0.1, -0.05) is 6.92 Å². The molecule has 2 atom stereocenters. The minimum atomic E-state index is -3.63. The first kappa shape index (κ1) is 11.9. The Morgan fingerprint density at radius 2 is 2.40 bits per heavy atom. The summed E-state index contributed by atoms with van der Waals surface area (Å²) in [5, 5.41) is 10.1. The van der Waals surface area contributed by atoms with Gasteiger partial charge in [0.05, 0.1) is 6.07 Å². The minimum absolute atomic E-state index is 0.140. The highest BCUT2D eigenvalue weighted by molar-refractivity contribution is 7.90. The molecule has 7 heteroatoms. The minimum Gasteiger partial charge on any atom is -0.354 e. The summed E-state index contributed by atoms with van der Waals surface area (Å²) in [6, 6.07) is 1.30. The molecule has 0 aromatic carbocycles. The highest BCUT2D eigenvalue weighted by Gasteiger charge is 2.30. The van der Waals surface area contributed by atoms with Crippen molar-refractivity contribution in [2.45, 2.75) is 31.1 Å². The van der Waals surface area contributed by atoms with E-state index in [0.29, 0.717) is 6.54 Å². The van der Waals surface area contributed by atoms with Gasteiger partial charge in [0.25, 0.3) is 0 Å². The van der Waals surface area contributed by atoms with Crippen LogP contribution in [-0.2, 0) is 14.8 Å². The van der Waals surface area contributed by atoms with Gasteiger partial charge < -0.3 is 5.32 Å². The summed E-state index contributed by atoms with van der Waals surface area (Å²) >= 11 is 0. The first-order valence-corrected chi connectivity index (χ1v) is 6.21. The molecule has 15 heavy (non-hydrogen) atoms. The predicted octanol–water partition coefficient (Wildman–Crippen LogP) is -0.904. The second kappa shape index (κ2) is 4.59. The Hall–Kier alpha value is -1.13. The smallest absolute Gasteiger partial charge is 0.228 e. The van der Waals surface area contributed by atoms with Crippen molar-refractivity contribution >= 4 is 15.9 Å². The molecular weight excluding hydrogens is 218 g/mol. The molecule has 0 aromatic rings. The highest BCUT2D eigenvalue weighted by Crippen LogP contribution is 2.07. The number of carbonyl (C=O) groups excluding carboxylic acids is 1. The zero-order chi connectivity index (χ0) is 11.5. The Morgan fingerprint density at radius 1 is 1.73 bits per heavy atom. The van der Waals surface area contributed by atoms with Crippen LogP contribution < -0.4 is 10.0 Å². The lowest BCUT2D eigenvalue weighted by molar-refractivity contribution is -0.119. The summed E-state index contributed by atoms with van der Waals surface area (Å²) < 4.78 is 25.5. The predicted molar refractivity (Wildman–Crippen MR) is 53.2 cm³/mol. The Bertz CT molecular complexity index is 384. The maximum atomic E-state index is 11.6. The van der Waals surface area contributed by atoms with E-state index in [9.17, 15) is 13.2 Å². The van der Waals surface area contributed by atoms with Crippen LogP contribution in [0, 0.1) is 11.3 Å². The Morgan fingerprint density at radius 3 is 2.80 bits per heavy atom. The van der Waals surface area contributed by atoms with E-state index in [4.69, 9.17) is 5.26 Å². The van der Waals surface area contributed by atoms with Gasteiger partial charge in [0.1, 0.15) is 0 Å². The van der Waals surface area contributed by atoms with Crippen molar-refractivity contribution in [3.8, 4) is 6.07 Å². The number of nitrogens with zero attached hydrogens (tertiary/aromatic N) is 1. The highest BCUT2D eigenvalue weighted by atomic mass is 32.2. The lowest BCUT2D eigenvalue weighted by Crippen LogP contribution is -2.41. The molecule has 84 valence electrons. The number of carbonyl (C=O) groups is 1. The third-order valence-electron chi connectivity index (χ3n) is 2.20. The molecule has 2 unspecified atom stereocenters. The molecule has 2 N–H and O–H groups in total. The standard InChI is InChI=1S/C8H13N3O3S/c1-2-7(4-9)15(13,14)11-6-3-8(12)10-5-6/h6-7,11H,2-3,5H2,1H3,(H,10,12). The molecular formula is C8H13N3O3S. The molecule has 0 aromatic heterocycles. The van der Waals surface area contributed by atoms with Gasteiger partial charge in [0.2, 0.25) is 15.9 Å². The summed E-state index contributed by atoms with van der Waals surface area (Å²) in [7, 11) is -3.63. The van der Waals surface area contributed by atoms with Gasteiger partial charge in [-0.15, -0.1) is 0 Å². The van der Waals surface area contributed by atoms with Crippen molar-refractivity contribution in [2.75, 3.05) is 6.54 Å². The normalized spacial score (nSPS) is 23.2. The molecule has 1 fully saturated rings. The third kappa shape index (κ3) is 2.91. The van der Waals surface area contributed by atoms with E-state index < -0.39 is 21.3 Å². The lowest BCUT2D eigenvalue weighted by Gasteiger charge is -2.13. The van der Waals surface area contributed by atoms with Gasteiger partial charge in [-0.2, -0.15) is 5.26 Å². The van der Waals surface area contributed by atoms with Crippen molar-refractivity contribution in [2.24, 2.45) is 0 Å². The van der Waals surface area contributed by atoms with E-state index >= 15 is 0 Å². The summed E-state index contributed by atoms with van der Waals surface area (Å²) in [5.41, 5.74) is 0. The van der Waals surface area contributed by atoms with Crippen LogP contribution in [0.1, 0.15) is 19.8 Å². The number of amides is 1. The molecule has 6 nitrogen and oxygen atoms in total. The fourth-order valence-corrected chi connectivity index (χ4v) is 2.76. The molecule has 1 heterocycles. The van der Waals surface area contributed by atoms with Gasteiger partial charge in [0.15, 0.2) is 5.25 Å². The summed E-state index contributed by atoms with van der Waals surface area (Å²) in [4.78, 5) is 10.8. The molecule has 1 rings (SSSR count). The fraction of sp³-hybridized carbons (Fsp3) is 0.750. The summed E-state index contributed by atoms with van der Waals surface area (Å²) in [6.45, 7) is 1.92. The van der Waals surface area contributed by atoms with Crippen LogP contribution in [0.25, 0.3) is 0 Å². The molecule has 0 bridgehead atoms. The quantitative estimate of drug-likeness (QED) is 0.654. The van der Waals surface area contributed by atoms with E-state index in [2.05, 4.69) is 10.0 Å². The van der Waals surface area contributed by atoms with Crippen LogP contribution in [0.15, 0.2) is 0 Å². The first-order chi connectivity index (χ1) is 6.99. The van der Waals surface area contributed by atoms with Crippen molar-refractivity contribution in [1.82, 2.24) is 10.0 Å². The van der Waals surface area contributed by atoms with Gasteiger partial charge >= 0.3 is 0 Å². The van der Waals surface area contributed by atoms with Crippen LogP contribution in [-0.4, -0.2) is 32.2 Å². The average molecular weight is 231 g/mol. The molecule has 1 aliphatic heterocycles. The number of rotatable bonds is 4. The van der Waals surface area contributed by atoms with Crippen LogP contribution >= 0.6 is 0 Å². The zero-order valence-electron chi connectivity index (χ0n) is 8.36. The number of hydrogen-bond acceptors (Lipinski definition) is 4. The van der Waals surface area contributed by atoms with E-state index in [-0.39, 0.29) is 18.7 Å². The van der Waals surface area contributed by atoms with Crippen LogP contribution in [0.4, 0.5) is 0 Å². The Kier molecular flexibility index (Phi) is 3.66. The number of nitrogens with one attached hydrogen (secondary N) is 2. The van der Waals surface area contributed by atoms with Crippen molar-refractivity contribution in [3.05, 3.63) is 0 Å². The largest absolute Gasteiger partial charge is 0.354 e. The second-order valence-corrected chi connectivity index (χ2v) is 5.29. The van der Waals surface area contributed by atoms with E-state index in [1.807, 2.05) is 0 Å². The average Bonchev–Trinajstić information content (AvgIpc) is 2.51. The summed E-state index contributed by atoms with van der Waals surface area (Å²) in [6.07, 6.45) is 0.376. The SMILES string of the molecule is CCC(C#N)S(=O)(=O)NC1CNC(=O)C1. The fourth-order valence-electron chi connectivity index (χ4n) is 1.38. The molecule has 0 spiro atoms. The maximum absolute atomic E-state index is 11.6. The Labute approximate surface area is 88.7 Å². The van der Waals surface area contributed by atoms with Gasteiger partial charge in [-0.25, -0.2) is 13.1 Å². The van der Waals surface area contributed by atoms with E-state index in [1.165, 1.54) is 0 Å². The second-order valence-electron chi connectivity index (χ2n) is 3.39. The molecule has 0 radical (unpaired) electrons. The van der Waals surface area contributed by atoms with E-state index in [0.717, 1.165) is 0 Å². The van der Waals surface area contributed by atoms with Crippen molar-refractivity contribution < 1.29 is 13.2 Å². The Balaban J connectivity index is 2.65. The summed E-state index contributed by atoms with van der Waals surface area (Å²) in [5.74, 6) is -0.173. The van der Waals surface area contributed by atoms with Crippen LogP contribution in [0.3, 0.4) is 0 Å². The number of hydrogen-bond donors (Lipinski definition) is 2. The third-order valence-corrected chi connectivity index (χ3v) is 4.05. The molecule has 1 aliphatic rings. The van der Waals surface area contributed by atoms with Gasteiger partial charge in [-0.05, 0) is 6.42 Å². The number of sulfonamides is 1.